The number of rotatable bonds is 8. The lowest BCUT2D eigenvalue weighted by Crippen LogP contribution is -2.43. The van der Waals surface area contributed by atoms with Gasteiger partial charge in [-0.3, -0.25) is 0 Å². The lowest BCUT2D eigenvalue weighted by atomic mass is 9.96. The van der Waals surface area contributed by atoms with Crippen LogP contribution in [0.3, 0.4) is 0 Å². The van der Waals surface area contributed by atoms with Gasteiger partial charge in [0, 0.05) is 29.8 Å². The molecule has 2 heterocycles. The van der Waals surface area contributed by atoms with Gasteiger partial charge in [-0.15, -0.1) is 4.91 Å². The van der Waals surface area contributed by atoms with Crippen molar-refractivity contribution in [3.8, 4) is 11.3 Å². The van der Waals surface area contributed by atoms with E-state index in [4.69, 9.17) is 0 Å². The molecule has 12 heteroatoms. The summed E-state index contributed by atoms with van der Waals surface area (Å²) in [5, 5.41) is 8.42. The van der Waals surface area contributed by atoms with Gasteiger partial charge in [0.25, 0.3) is 0 Å². The number of hydrogen-bond acceptors (Lipinski definition) is 7. The van der Waals surface area contributed by atoms with Crippen molar-refractivity contribution in [1.82, 2.24) is 20.2 Å². The topological polar surface area (TPSA) is 103 Å². The summed E-state index contributed by atoms with van der Waals surface area (Å²) < 4.78 is 44.5. The van der Waals surface area contributed by atoms with Crippen LogP contribution in [-0.4, -0.2) is 48.1 Å². The first-order valence-corrected chi connectivity index (χ1v) is 11.3. The Balaban J connectivity index is 1.98. The monoisotopic (exact) mass is 511 g/mol. The van der Waals surface area contributed by atoms with Gasteiger partial charge in [0.1, 0.15) is 28.8 Å². The molecule has 0 atom stereocenters. The number of benzene rings is 2. The number of likely N-dealkylation sites (N-methyl/N-ethyl adjacent to an activating group) is 1. The summed E-state index contributed by atoms with van der Waals surface area (Å²) in [6.07, 6.45) is 0. The highest BCUT2D eigenvalue weighted by Crippen LogP contribution is 2.40. The molecule has 1 aliphatic heterocycles. The van der Waals surface area contributed by atoms with Crippen molar-refractivity contribution in [3.05, 3.63) is 76.0 Å². The Morgan fingerprint density at radius 2 is 1.89 bits per heavy atom. The fraction of sp³-hybridized carbons (Fsp3) is 0.240. The highest BCUT2D eigenvalue weighted by Gasteiger charge is 2.34. The highest BCUT2D eigenvalue weighted by atomic mass is 19.1. The number of hydrogen-bond donors (Lipinski definition) is 2. The normalized spacial score (nSPS) is 12.8. The van der Waals surface area contributed by atoms with E-state index in [1.165, 1.54) is 19.1 Å². The van der Waals surface area contributed by atoms with Crippen molar-refractivity contribution < 1.29 is 18.0 Å². The second-order valence-electron chi connectivity index (χ2n) is 8.66. The Labute approximate surface area is 211 Å². The lowest BCUT2D eigenvalue weighted by Gasteiger charge is -2.31. The molecule has 37 heavy (non-hydrogen) atoms. The zero-order valence-corrected chi connectivity index (χ0v) is 20.4. The predicted octanol–water partition coefficient (Wildman–Crippen LogP) is 4.94. The Hall–Kier alpha value is -4.32. The summed E-state index contributed by atoms with van der Waals surface area (Å²) in [4.78, 5) is 35.7. The van der Waals surface area contributed by atoms with E-state index < -0.39 is 29.2 Å². The van der Waals surface area contributed by atoms with E-state index in [2.05, 4.69) is 32.4 Å². The van der Waals surface area contributed by atoms with Crippen LogP contribution < -0.4 is 15.5 Å². The fourth-order valence-corrected chi connectivity index (χ4v) is 3.91. The van der Waals surface area contributed by atoms with Crippen molar-refractivity contribution >= 4 is 29.2 Å². The number of carbonyl (C=O) groups is 1. The molecule has 2 amide bonds. The zero-order valence-electron chi connectivity index (χ0n) is 20.4. The van der Waals surface area contributed by atoms with E-state index in [1.807, 2.05) is 19.0 Å². The number of carbonyl (C=O) groups excluding carboxylic acids is 1. The summed E-state index contributed by atoms with van der Waals surface area (Å²) in [6, 6.07) is 5.07. The number of para-hydroxylation sites is 1. The number of anilines is 3. The molecule has 0 saturated carbocycles. The zero-order chi connectivity index (χ0) is 26.9. The SMILES string of the molecule is C=C(N=O)c1cc(F)c(C)c(-c2nc(NCCN(C)C)nc3c2CNC(=O)N3c2c(F)cccc2F)c1. The van der Waals surface area contributed by atoms with E-state index in [1.54, 1.807) is 0 Å². The Bertz CT molecular complexity index is 1390. The van der Waals surface area contributed by atoms with E-state index in [0.717, 1.165) is 23.1 Å². The molecule has 1 aliphatic rings. The number of fused-ring (bicyclic) bond motifs is 1. The minimum Gasteiger partial charge on any atom is -0.353 e. The number of aromatic nitrogens is 2. The number of urea groups is 1. The van der Waals surface area contributed by atoms with Crippen molar-refractivity contribution in [1.29, 1.82) is 0 Å². The molecule has 0 aliphatic carbocycles. The minimum absolute atomic E-state index is 0.0598. The first-order chi connectivity index (χ1) is 17.6. The summed E-state index contributed by atoms with van der Waals surface area (Å²) in [5.41, 5.74) is 0.318. The van der Waals surface area contributed by atoms with E-state index in [9.17, 15) is 22.9 Å². The van der Waals surface area contributed by atoms with Crippen molar-refractivity contribution in [2.45, 2.75) is 13.5 Å². The third kappa shape index (κ3) is 5.00. The maximum Gasteiger partial charge on any atom is 0.328 e. The molecule has 0 radical (unpaired) electrons. The average Bonchev–Trinajstić information content (AvgIpc) is 2.85. The number of amides is 2. The van der Waals surface area contributed by atoms with Crippen LogP contribution >= 0.6 is 0 Å². The molecule has 2 N–H and O–H groups in total. The van der Waals surface area contributed by atoms with Gasteiger partial charge in [-0.1, -0.05) is 12.6 Å². The van der Waals surface area contributed by atoms with Gasteiger partial charge in [0.15, 0.2) is 5.82 Å². The first kappa shape index (κ1) is 25.8. The van der Waals surface area contributed by atoms with Crippen LogP contribution in [0.15, 0.2) is 42.1 Å². The van der Waals surface area contributed by atoms with Gasteiger partial charge < -0.3 is 15.5 Å². The van der Waals surface area contributed by atoms with Gasteiger partial charge in [-0.2, -0.15) is 4.98 Å². The average molecular weight is 512 g/mol. The molecule has 4 rings (SSSR count). The van der Waals surface area contributed by atoms with Crippen LogP contribution in [0, 0.1) is 29.3 Å². The van der Waals surface area contributed by atoms with Gasteiger partial charge in [0.05, 0.1) is 12.2 Å². The summed E-state index contributed by atoms with van der Waals surface area (Å²) in [6.45, 7) is 5.99. The molecule has 0 spiro atoms. The second kappa shape index (κ2) is 10.3. The largest absolute Gasteiger partial charge is 0.353 e. The smallest absolute Gasteiger partial charge is 0.328 e. The maximum atomic E-state index is 14.9. The Morgan fingerprint density at radius 1 is 1.19 bits per heavy atom. The van der Waals surface area contributed by atoms with Crippen LogP contribution in [0.1, 0.15) is 16.7 Å². The number of halogens is 3. The summed E-state index contributed by atoms with van der Waals surface area (Å²) in [5.74, 6) is -2.58. The minimum atomic E-state index is -0.970. The molecule has 1 aromatic heterocycles. The van der Waals surface area contributed by atoms with Crippen LogP contribution in [0.2, 0.25) is 0 Å². The Kier molecular flexibility index (Phi) is 7.21. The number of nitrogens with one attached hydrogen (secondary N) is 2. The van der Waals surface area contributed by atoms with Gasteiger partial charge >= 0.3 is 6.03 Å². The van der Waals surface area contributed by atoms with E-state index in [0.29, 0.717) is 18.7 Å². The molecular weight excluding hydrogens is 487 g/mol. The van der Waals surface area contributed by atoms with Gasteiger partial charge in [-0.25, -0.2) is 27.8 Å². The van der Waals surface area contributed by atoms with Gasteiger partial charge in [0.2, 0.25) is 5.95 Å². The van der Waals surface area contributed by atoms with Gasteiger partial charge in [-0.05, 0) is 56.0 Å². The molecule has 0 bridgehead atoms. The lowest BCUT2D eigenvalue weighted by molar-refractivity contribution is 0.246. The van der Waals surface area contributed by atoms with E-state index in [-0.39, 0.29) is 46.4 Å². The van der Waals surface area contributed by atoms with Crippen molar-refractivity contribution in [2.75, 3.05) is 37.4 Å². The summed E-state index contributed by atoms with van der Waals surface area (Å²) >= 11 is 0. The Morgan fingerprint density at radius 3 is 2.54 bits per heavy atom. The molecule has 0 fully saturated rings. The van der Waals surface area contributed by atoms with Crippen molar-refractivity contribution in [3.63, 3.8) is 0 Å². The highest BCUT2D eigenvalue weighted by molar-refractivity contribution is 6.02. The standard InChI is InChI=1S/C25H24F3N7O2/c1-13-16(10-15(11-20(13)28)14(2)33-37)21-17-12-30-25(36)35(22-18(26)6-5-7-19(22)27)23(17)32-24(31-21)29-8-9-34(3)4/h5-7,10-11H,2,8-9,12H2,1,3-4H3,(H,30,36)(H,29,31,32). The molecule has 3 aromatic rings. The van der Waals surface area contributed by atoms with Crippen LogP contribution in [0.25, 0.3) is 17.0 Å². The molecule has 9 nitrogen and oxygen atoms in total. The predicted molar refractivity (Wildman–Crippen MR) is 135 cm³/mol. The van der Waals surface area contributed by atoms with Crippen LogP contribution in [0.4, 0.5) is 35.4 Å². The first-order valence-electron chi connectivity index (χ1n) is 11.3. The second-order valence-corrected chi connectivity index (χ2v) is 8.66. The molecular formula is C25H24F3N7O2. The van der Waals surface area contributed by atoms with Crippen LogP contribution in [-0.2, 0) is 6.54 Å². The maximum absolute atomic E-state index is 14.9. The number of nitroso groups, excluding NO2 is 1. The summed E-state index contributed by atoms with van der Waals surface area (Å²) in [7, 11) is 3.75. The van der Waals surface area contributed by atoms with E-state index >= 15 is 0 Å². The number of nitrogens with zero attached hydrogens (tertiary/aromatic N) is 5. The third-order valence-electron chi connectivity index (χ3n) is 5.86. The molecule has 2 aromatic carbocycles. The third-order valence-corrected chi connectivity index (χ3v) is 5.86. The molecule has 192 valence electrons. The quantitative estimate of drug-likeness (QED) is 0.416. The van der Waals surface area contributed by atoms with Crippen LogP contribution in [0.5, 0.6) is 0 Å². The fourth-order valence-electron chi connectivity index (χ4n) is 3.91. The molecule has 0 saturated heterocycles. The molecule has 0 unspecified atom stereocenters. The van der Waals surface area contributed by atoms with Crippen molar-refractivity contribution in [2.24, 2.45) is 5.18 Å².